The average Bonchev–Trinajstić information content (AvgIpc) is 3.15. The standard InChI is InChI=1S/C19H25N3OS/c20-10-16-15-6-3-7-17(15)24-19(16)21-18(23)12-22-9-8-13-4-1-2-5-14(13)11-22/h13-14H,1-9,11-12H2,(H,21,23)/p+1/t13-,14-/m0/s1. The van der Waals surface area contributed by atoms with Gasteiger partial charge in [0.2, 0.25) is 0 Å². The van der Waals surface area contributed by atoms with Crippen molar-refractivity contribution < 1.29 is 9.69 Å². The van der Waals surface area contributed by atoms with Crippen molar-refractivity contribution >= 4 is 22.2 Å². The Balaban J connectivity index is 1.37. The highest BCUT2D eigenvalue weighted by atomic mass is 32.1. The van der Waals surface area contributed by atoms with E-state index in [4.69, 9.17) is 0 Å². The number of nitriles is 1. The second kappa shape index (κ2) is 6.85. The van der Waals surface area contributed by atoms with Crippen molar-refractivity contribution in [2.75, 3.05) is 25.0 Å². The van der Waals surface area contributed by atoms with Gasteiger partial charge in [0.15, 0.2) is 6.54 Å². The van der Waals surface area contributed by atoms with Crippen LogP contribution in [0.2, 0.25) is 0 Å². The summed E-state index contributed by atoms with van der Waals surface area (Å²) in [5.74, 6) is 1.82. The predicted molar refractivity (Wildman–Crippen MR) is 95.3 cm³/mol. The van der Waals surface area contributed by atoms with Gasteiger partial charge in [0.25, 0.3) is 5.91 Å². The largest absolute Gasteiger partial charge is 0.327 e. The molecule has 2 N–H and O–H groups in total. The smallest absolute Gasteiger partial charge is 0.280 e. The molecule has 4 rings (SSSR count). The Hall–Kier alpha value is -1.38. The monoisotopic (exact) mass is 344 g/mol. The molecular weight excluding hydrogens is 318 g/mol. The molecule has 1 aromatic heterocycles. The van der Waals surface area contributed by atoms with E-state index in [0.29, 0.717) is 6.54 Å². The quantitative estimate of drug-likeness (QED) is 0.883. The Bertz CT molecular complexity index is 675. The van der Waals surface area contributed by atoms with Gasteiger partial charge in [-0.3, -0.25) is 4.79 Å². The first-order valence-corrected chi connectivity index (χ1v) is 10.2. The molecule has 1 saturated carbocycles. The third kappa shape index (κ3) is 3.10. The molecule has 5 heteroatoms. The molecule has 0 aromatic carbocycles. The number of nitrogens with one attached hydrogen (secondary N) is 2. The molecule has 0 radical (unpaired) electrons. The Morgan fingerprint density at radius 1 is 1.21 bits per heavy atom. The van der Waals surface area contributed by atoms with Crippen molar-refractivity contribution in [3.8, 4) is 6.07 Å². The molecule has 128 valence electrons. The third-order valence-electron chi connectivity index (χ3n) is 6.18. The van der Waals surface area contributed by atoms with Crippen molar-refractivity contribution in [1.29, 1.82) is 5.26 Å². The highest BCUT2D eigenvalue weighted by molar-refractivity contribution is 7.16. The molecule has 2 aliphatic carbocycles. The molecule has 1 aromatic rings. The molecule has 0 bridgehead atoms. The van der Waals surface area contributed by atoms with E-state index >= 15 is 0 Å². The lowest BCUT2D eigenvalue weighted by Gasteiger charge is -2.38. The van der Waals surface area contributed by atoms with Gasteiger partial charge < -0.3 is 10.2 Å². The van der Waals surface area contributed by atoms with Gasteiger partial charge in [-0.2, -0.15) is 5.26 Å². The summed E-state index contributed by atoms with van der Waals surface area (Å²) in [6.45, 7) is 2.83. The topological polar surface area (TPSA) is 57.3 Å². The van der Waals surface area contributed by atoms with Crippen LogP contribution >= 0.6 is 11.3 Å². The number of anilines is 1. The number of amides is 1. The minimum Gasteiger partial charge on any atom is -0.327 e. The zero-order valence-corrected chi connectivity index (χ0v) is 15.0. The number of likely N-dealkylation sites (tertiary alicyclic amines) is 1. The van der Waals surface area contributed by atoms with Crippen molar-refractivity contribution in [2.24, 2.45) is 11.8 Å². The summed E-state index contributed by atoms with van der Waals surface area (Å²) in [4.78, 5) is 15.2. The third-order valence-corrected chi connectivity index (χ3v) is 7.39. The molecule has 1 aliphatic heterocycles. The Morgan fingerprint density at radius 3 is 2.88 bits per heavy atom. The van der Waals surface area contributed by atoms with E-state index in [2.05, 4.69) is 11.4 Å². The van der Waals surface area contributed by atoms with Crippen LogP contribution in [0.4, 0.5) is 5.00 Å². The fraction of sp³-hybridized carbons (Fsp3) is 0.684. The molecule has 24 heavy (non-hydrogen) atoms. The lowest BCUT2D eigenvalue weighted by molar-refractivity contribution is -0.902. The summed E-state index contributed by atoms with van der Waals surface area (Å²) >= 11 is 1.62. The predicted octanol–water partition coefficient (Wildman–Crippen LogP) is 2.14. The normalized spacial score (nSPS) is 28.7. The van der Waals surface area contributed by atoms with Crippen molar-refractivity contribution in [3.05, 3.63) is 16.0 Å². The summed E-state index contributed by atoms with van der Waals surface area (Å²) in [5.41, 5.74) is 1.91. The fourth-order valence-corrected chi connectivity index (χ4v) is 6.22. The molecular formula is C19H26N3OS+. The average molecular weight is 345 g/mol. The van der Waals surface area contributed by atoms with Crippen LogP contribution in [-0.2, 0) is 17.6 Å². The SMILES string of the molecule is N#Cc1c(NC(=O)C[NH+]2CC[C@@H]3CCCC[C@H]3C2)sc2c1CCC2. The lowest BCUT2D eigenvalue weighted by atomic mass is 9.75. The van der Waals surface area contributed by atoms with Gasteiger partial charge in [-0.15, -0.1) is 11.3 Å². The number of nitrogens with zero attached hydrogens (tertiary/aromatic N) is 1. The van der Waals surface area contributed by atoms with Gasteiger partial charge in [-0.1, -0.05) is 12.8 Å². The van der Waals surface area contributed by atoms with Crippen molar-refractivity contribution in [2.45, 2.75) is 51.4 Å². The number of rotatable bonds is 3. The van der Waals surface area contributed by atoms with Crippen LogP contribution in [0.15, 0.2) is 0 Å². The van der Waals surface area contributed by atoms with Crippen LogP contribution in [0.3, 0.4) is 0 Å². The Kier molecular flexibility index (Phi) is 4.60. The molecule has 3 aliphatic rings. The maximum Gasteiger partial charge on any atom is 0.280 e. The zero-order chi connectivity index (χ0) is 16.5. The number of thiophene rings is 1. The fourth-order valence-electron chi connectivity index (χ4n) is 4.96. The van der Waals surface area contributed by atoms with E-state index < -0.39 is 0 Å². The second-order valence-corrected chi connectivity index (χ2v) is 8.80. The number of carbonyl (C=O) groups excluding carboxylic acids is 1. The van der Waals surface area contributed by atoms with E-state index in [9.17, 15) is 10.1 Å². The van der Waals surface area contributed by atoms with E-state index in [0.717, 1.165) is 54.8 Å². The summed E-state index contributed by atoms with van der Waals surface area (Å²) in [7, 11) is 0. The van der Waals surface area contributed by atoms with E-state index in [1.165, 1.54) is 47.4 Å². The zero-order valence-electron chi connectivity index (χ0n) is 14.2. The van der Waals surface area contributed by atoms with Crippen molar-refractivity contribution in [1.82, 2.24) is 0 Å². The molecule has 1 amide bonds. The van der Waals surface area contributed by atoms with Gasteiger partial charge in [-0.25, -0.2) is 0 Å². The number of carbonyl (C=O) groups is 1. The first kappa shape index (κ1) is 16.1. The van der Waals surface area contributed by atoms with Crippen LogP contribution in [0.1, 0.15) is 54.5 Å². The Morgan fingerprint density at radius 2 is 2.04 bits per heavy atom. The molecule has 2 fully saturated rings. The minimum absolute atomic E-state index is 0.0793. The Labute approximate surface area is 147 Å². The van der Waals surface area contributed by atoms with E-state index in [1.54, 1.807) is 11.3 Å². The number of aryl methyl sites for hydroxylation is 1. The number of piperidine rings is 1. The maximum atomic E-state index is 12.5. The molecule has 4 nitrogen and oxygen atoms in total. The van der Waals surface area contributed by atoms with Crippen LogP contribution in [-0.4, -0.2) is 25.5 Å². The van der Waals surface area contributed by atoms with Crippen LogP contribution in [0.5, 0.6) is 0 Å². The molecule has 0 spiro atoms. The highest BCUT2D eigenvalue weighted by Gasteiger charge is 2.34. The van der Waals surface area contributed by atoms with Crippen LogP contribution in [0, 0.1) is 23.2 Å². The first-order valence-electron chi connectivity index (χ1n) is 9.42. The number of fused-ring (bicyclic) bond motifs is 2. The van der Waals surface area contributed by atoms with Gasteiger partial charge in [0.05, 0.1) is 18.7 Å². The maximum absolute atomic E-state index is 12.5. The van der Waals surface area contributed by atoms with Crippen LogP contribution < -0.4 is 10.2 Å². The summed E-state index contributed by atoms with van der Waals surface area (Å²) < 4.78 is 0. The summed E-state index contributed by atoms with van der Waals surface area (Å²) in [6, 6.07) is 2.31. The van der Waals surface area contributed by atoms with Gasteiger partial charge in [-0.05, 0) is 50.0 Å². The number of hydrogen-bond donors (Lipinski definition) is 2. The summed E-state index contributed by atoms with van der Waals surface area (Å²) in [5, 5.41) is 13.3. The molecule has 1 unspecified atom stereocenters. The molecule has 2 heterocycles. The van der Waals surface area contributed by atoms with Gasteiger partial charge >= 0.3 is 0 Å². The van der Waals surface area contributed by atoms with E-state index in [1.807, 2.05) is 0 Å². The number of quaternary nitrogens is 1. The van der Waals surface area contributed by atoms with Gasteiger partial charge in [0, 0.05) is 10.8 Å². The molecule has 3 atom stereocenters. The van der Waals surface area contributed by atoms with Gasteiger partial charge in [0.1, 0.15) is 11.1 Å². The lowest BCUT2D eigenvalue weighted by Crippen LogP contribution is -3.15. The minimum atomic E-state index is 0.0793. The number of hydrogen-bond acceptors (Lipinski definition) is 3. The summed E-state index contributed by atoms with van der Waals surface area (Å²) in [6.07, 6.45) is 10.00. The molecule has 1 saturated heterocycles. The second-order valence-electron chi connectivity index (χ2n) is 7.70. The first-order chi connectivity index (χ1) is 11.7. The highest BCUT2D eigenvalue weighted by Crippen LogP contribution is 2.38. The van der Waals surface area contributed by atoms with Crippen LogP contribution in [0.25, 0.3) is 0 Å². The van der Waals surface area contributed by atoms with Crippen molar-refractivity contribution in [3.63, 3.8) is 0 Å². The van der Waals surface area contributed by atoms with E-state index in [-0.39, 0.29) is 5.91 Å².